The van der Waals surface area contributed by atoms with E-state index >= 15 is 0 Å². The lowest BCUT2D eigenvalue weighted by atomic mass is 9.95. The zero-order chi connectivity index (χ0) is 27.8. The quantitative estimate of drug-likeness (QED) is 0.504. The van der Waals surface area contributed by atoms with E-state index in [1.165, 1.54) is 0 Å². The minimum absolute atomic E-state index is 0.0663. The highest BCUT2D eigenvalue weighted by atomic mass is 16.2. The highest BCUT2D eigenvalue weighted by Crippen LogP contribution is 2.38. The van der Waals surface area contributed by atoms with Crippen LogP contribution in [0.2, 0.25) is 0 Å². The summed E-state index contributed by atoms with van der Waals surface area (Å²) in [4.78, 5) is 47.0. The summed E-state index contributed by atoms with van der Waals surface area (Å²) in [7, 11) is 0. The first-order valence-corrected chi connectivity index (χ1v) is 14.1. The molecule has 4 heterocycles. The number of hydrogen-bond donors (Lipinski definition) is 3. The first-order valence-electron chi connectivity index (χ1n) is 14.1. The number of primary amides is 1. The molecule has 0 radical (unpaired) electrons. The molecule has 3 amide bonds. The molecule has 9 nitrogen and oxygen atoms in total. The lowest BCUT2D eigenvalue weighted by molar-refractivity contribution is 0.0921. The van der Waals surface area contributed by atoms with E-state index in [9.17, 15) is 14.4 Å². The van der Waals surface area contributed by atoms with Gasteiger partial charge in [-0.05, 0) is 95.2 Å². The minimum atomic E-state index is -0.486. The first kappa shape index (κ1) is 27.1. The number of carbonyl (C=O) groups excluding carboxylic acids is 3. The highest BCUT2D eigenvalue weighted by molar-refractivity contribution is 5.99. The molecule has 3 aliphatic heterocycles. The van der Waals surface area contributed by atoms with Gasteiger partial charge in [0.25, 0.3) is 11.8 Å². The average molecular weight is 533 g/mol. The van der Waals surface area contributed by atoms with Gasteiger partial charge >= 0.3 is 0 Å². The van der Waals surface area contributed by atoms with Crippen LogP contribution in [0.4, 0.5) is 5.82 Å². The first-order chi connectivity index (χ1) is 18.6. The SMILES string of the molecule is Cc1cc(C(=O)NC2CC3CCC(C2)N3c2ccc(C(=O)N[C@H]3CCN(C(C)C)C3)cn2)c(C)cc1C(N)=O. The van der Waals surface area contributed by atoms with Crippen molar-refractivity contribution in [3.8, 4) is 0 Å². The van der Waals surface area contributed by atoms with E-state index in [1.807, 2.05) is 19.1 Å². The second kappa shape index (κ2) is 11.0. The predicted molar refractivity (Wildman–Crippen MR) is 151 cm³/mol. The van der Waals surface area contributed by atoms with Crippen molar-refractivity contribution in [3.05, 3.63) is 58.3 Å². The Labute approximate surface area is 230 Å². The lowest BCUT2D eigenvalue weighted by Gasteiger charge is -2.40. The van der Waals surface area contributed by atoms with E-state index in [0.29, 0.717) is 40.4 Å². The Kier molecular flexibility index (Phi) is 7.62. The van der Waals surface area contributed by atoms with Gasteiger partial charge in [0.1, 0.15) is 5.82 Å². The molecule has 39 heavy (non-hydrogen) atoms. The smallest absolute Gasteiger partial charge is 0.253 e. The fraction of sp³-hybridized carbons (Fsp3) is 0.533. The van der Waals surface area contributed by atoms with Crippen molar-refractivity contribution < 1.29 is 14.4 Å². The summed E-state index contributed by atoms with van der Waals surface area (Å²) in [6.07, 6.45) is 6.46. The van der Waals surface area contributed by atoms with Gasteiger partial charge in [-0.15, -0.1) is 0 Å². The van der Waals surface area contributed by atoms with E-state index in [1.54, 1.807) is 25.3 Å². The van der Waals surface area contributed by atoms with Gasteiger partial charge in [0.15, 0.2) is 0 Å². The number of carbonyl (C=O) groups is 3. The Morgan fingerprint density at radius 1 is 0.923 bits per heavy atom. The molecule has 2 bridgehead atoms. The molecule has 1 aromatic heterocycles. The largest absolute Gasteiger partial charge is 0.366 e. The molecule has 0 aliphatic carbocycles. The number of nitrogens with zero attached hydrogens (tertiary/aromatic N) is 3. The summed E-state index contributed by atoms with van der Waals surface area (Å²) in [5, 5.41) is 6.40. The summed E-state index contributed by atoms with van der Waals surface area (Å²) in [6, 6.07) is 8.61. The zero-order valence-corrected chi connectivity index (χ0v) is 23.4. The standard InChI is InChI=1S/C30H40N6O3/c1-17(2)35-10-9-21(16-35)33-29(38)20-5-8-27(32-15-20)36-23-6-7-24(36)14-22(13-23)34-30(39)26-12-18(3)25(28(31)37)11-19(26)4/h5,8,11-12,15,17,21-24H,6-7,9-10,13-14,16H2,1-4H3,(H2,31,37)(H,33,38)(H,34,39)/t21-,22?,23?,24?/m0/s1. The van der Waals surface area contributed by atoms with Crippen LogP contribution >= 0.6 is 0 Å². The van der Waals surface area contributed by atoms with Gasteiger partial charge in [0, 0.05) is 60.6 Å². The van der Waals surface area contributed by atoms with Crippen LogP contribution in [0.25, 0.3) is 0 Å². The summed E-state index contributed by atoms with van der Waals surface area (Å²) >= 11 is 0. The van der Waals surface area contributed by atoms with Crippen LogP contribution in [0.15, 0.2) is 30.5 Å². The number of hydrogen-bond acceptors (Lipinski definition) is 6. The van der Waals surface area contributed by atoms with Crippen molar-refractivity contribution in [2.45, 2.75) is 90.0 Å². The Hall–Kier alpha value is -3.46. The third-order valence-electron chi connectivity index (χ3n) is 8.71. The number of nitrogens with one attached hydrogen (secondary N) is 2. The summed E-state index contributed by atoms with van der Waals surface area (Å²) in [6.45, 7) is 9.90. The molecule has 2 unspecified atom stereocenters. The number of aromatic nitrogens is 1. The minimum Gasteiger partial charge on any atom is -0.366 e. The number of pyridine rings is 1. The number of amides is 3. The van der Waals surface area contributed by atoms with Gasteiger partial charge in [0.2, 0.25) is 5.91 Å². The lowest BCUT2D eigenvalue weighted by Crippen LogP contribution is -2.51. The second-order valence-electron chi connectivity index (χ2n) is 11.7. The third-order valence-corrected chi connectivity index (χ3v) is 8.71. The maximum atomic E-state index is 13.1. The van der Waals surface area contributed by atoms with E-state index < -0.39 is 5.91 Å². The molecule has 9 heteroatoms. The van der Waals surface area contributed by atoms with Crippen LogP contribution in [0.3, 0.4) is 0 Å². The fourth-order valence-electron chi connectivity index (χ4n) is 6.57. The van der Waals surface area contributed by atoms with Gasteiger partial charge in [-0.1, -0.05) is 0 Å². The van der Waals surface area contributed by atoms with Gasteiger partial charge in [-0.2, -0.15) is 0 Å². The number of aryl methyl sites for hydroxylation is 2. The van der Waals surface area contributed by atoms with Gasteiger partial charge in [-0.3, -0.25) is 19.3 Å². The number of benzene rings is 1. The molecular formula is C30H40N6O3. The number of piperidine rings is 1. The molecule has 0 spiro atoms. The van der Waals surface area contributed by atoms with Crippen molar-refractivity contribution in [3.63, 3.8) is 0 Å². The molecule has 3 saturated heterocycles. The maximum Gasteiger partial charge on any atom is 0.253 e. The van der Waals surface area contributed by atoms with Crippen molar-refractivity contribution in [2.24, 2.45) is 5.73 Å². The Bertz CT molecular complexity index is 1250. The molecule has 3 atom stereocenters. The van der Waals surface area contributed by atoms with E-state index in [4.69, 9.17) is 5.73 Å². The molecule has 4 N–H and O–H groups in total. The number of likely N-dealkylation sites (tertiary alicyclic amines) is 1. The number of anilines is 1. The monoisotopic (exact) mass is 532 g/mol. The molecule has 0 saturated carbocycles. The molecule has 208 valence electrons. The van der Waals surface area contributed by atoms with Crippen molar-refractivity contribution >= 4 is 23.5 Å². The number of rotatable bonds is 7. The van der Waals surface area contributed by atoms with Crippen molar-refractivity contribution in [1.29, 1.82) is 0 Å². The molecule has 3 fully saturated rings. The summed E-state index contributed by atoms with van der Waals surface area (Å²) < 4.78 is 0. The third kappa shape index (κ3) is 5.64. The normalized spacial score (nSPS) is 24.7. The molecule has 1 aromatic carbocycles. The fourth-order valence-corrected chi connectivity index (χ4v) is 6.57. The molecule has 5 rings (SSSR count). The number of fused-ring (bicyclic) bond motifs is 2. The van der Waals surface area contributed by atoms with E-state index in [2.05, 4.69) is 39.3 Å². The van der Waals surface area contributed by atoms with Crippen LogP contribution in [0, 0.1) is 13.8 Å². The van der Waals surface area contributed by atoms with Crippen LogP contribution in [0.5, 0.6) is 0 Å². The Balaban J connectivity index is 1.19. The predicted octanol–water partition coefficient (Wildman–Crippen LogP) is 2.94. The second-order valence-corrected chi connectivity index (χ2v) is 11.7. The van der Waals surface area contributed by atoms with Crippen LogP contribution in [-0.2, 0) is 0 Å². The summed E-state index contributed by atoms with van der Waals surface area (Å²) in [5.74, 6) is 0.227. The Morgan fingerprint density at radius 3 is 2.15 bits per heavy atom. The van der Waals surface area contributed by atoms with Gasteiger partial charge < -0.3 is 21.3 Å². The van der Waals surface area contributed by atoms with E-state index in [-0.39, 0.29) is 23.9 Å². The van der Waals surface area contributed by atoms with Crippen LogP contribution in [0.1, 0.15) is 88.2 Å². The topological polar surface area (TPSA) is 121 Å². The van der Waals surface area contributed by atoms with Crippen LogP contribution < -0.4 is 21.3 Å². The average Bonchev–Trinajstić information content (AvgIpc) is 3.47. The Morgan fingerprint density at radius 2 is 1.56 bits per heavy atom. The van der Waals surface area contributed by atoms with Crippen molar-refractivity contribution in [2.75, 3.05) is 18.0 Å². The highest BCUT2D eigenvalue weighted by Gasteiger charge is 2.42. The maximum absolute atomic E-state index is 13.1. The zero-order valence-electron chi connectivity index (χ0n) is 23.4. The van der Waals surface area contributed by atoms with Crippen molar-refractivity contribution in [1.82, 2.24) is 20.5 Å². The van der Waals surface area contributed by atoms with Gasteiger partial charge in [-0.25, -0.2) is 4.98 Å². The summed E-state index contributed by atoms with van der Waals surface area (Å²) in [5.41, 5.74) is 8.52. The molecular weight excluding hydrogens is 492 g/mol. The molecule has 2 aromatic rings. The number of nitrogens with two attached hydrogens (primary N) is 1. The molecule has 3 aliphatic rings. The van der Waals surface area contributed by atoms with Crippen LogP contribution in [-0.4, -0.2) is 70.9 Å². The van der Waals surface area contributed by atoms with E-state index in [0.717, 1.165) is 56.6 Å². The van der Waals surface area contributed by atoms with Gasteiger partial charge in [0.05, 0.1) is 5.56 Å².